The number of benzene rings is 1. The normalized spacial score (nSPS) is 22.3. The number of halogens is 1. The Kier molecular flexibility index (Phi) is 7.38. The minimum absolute atomic E-state index is 0. The van der Waals surface area contributed by atoms with Crippen LogP contribution in [0.5, 0.6) is 0 Å². The molecule has 1 atom stereocenters. The Labute approximate surface area is 154 Å². The number of likely N-dealkylation sites (tertiary alicyclic amines) is 1. The highest BCUT2D eigenvalue weighted by Gasteiger charge is 2.39. The summed E-state index contributed by atoms with van der Waals surface area (Å²) in [6.07, 6.45) is 0.949. The molecule has 0 spiro atoms. The van der Waals surface area contributed by atoms with Gasteiger partial charge in [-0.2, -0.15) is 0 Å². The van der Waals surface area contributed by atoms with Crippen LogP contribution in [0.2, 0.25) is 0 Å². The van der Waals surface area contributed by atoms with E-state index in [1.54, 1.807) is 0 Å². The van der Waals surface area contributed by atoms with Gasteiger partial charge >= 0.3 is 0 Å². The summed E-state index contributed by atoms with van der Waals surface area (Å²) in [7, 11) is 0. The van der Waals surface area contributed by atoms with E-state index >= 15 is 0 Å². The minimum atomic E-state index is -0.226. The molecule has 0 radical (unpaired) electrons. The fourth-order valence-electron chi connectivity index (χ4n) is 3.45. The molecule has 2 amide bonds. The highest BCUT2D eigenvalue weighted by Crippen LogP contribution is 2.24. The fraction of sp³-hybridized carbons (Fsp3) is 0.556. The van der Waals surface area contributed by atoms with Crippen LogP contribution in [0.3, 0.4) is 0 Å². The summed E-state index contributed by atoms with van der Waals surface area (Å²) in [6, 6.07) is 9.87. The zero-order chi connectivity index (χ0) is 16.9. The quantitative estimate of drug-likeness (QED) is 0.746. The maximum absolute atomic E-state index is 12.6. The van der Waals surface area contributed by atoms with Gasteiger partial charge in [-0.3, -0.25) is 24.3 Å². The van der Waals surface area contributed by atoms with Crippen LogP contribution in [0.1, 0.15) is 12.0 Å². The molecular weight excluding hydrogens is 342 g/mol. The van der Waals surface area contributed by atoms with Crippen LogP contribution < -0.4 is 0 Å². The molecule has 1 aromatic rings. The van der Waals surface area contributed by atoms with Gasteiger partial charge in [-0.05, 0) is 12.0 Å². The molecule has 6 nitrogen and oxygen atoms in total. The number of nitrogens with zero attached hydrogens (tertiary/aromatic N) is 3. The standard InChI is InChI=1S/C18H25N3O3.ClH/c22-11-10-19-6-8-20(9-7-19)14-21-17(23)13-16(18(21)24)12-15-4-2-1-3-5-15;/h1-5,16,22H,6-14H2;1H. The average Bonchev–Trinajstić information content (AvgIpc) is 2.85. The lowest BCUT2D eigenvalue weighted by Gasteiger charge is -2.35. The van der Waals surface area contributed by atoms with Crippen molar-refractivity contribution >= 4 is 24.2 Å². The van der Waals surface area contributed by atoms with Crippen LogP contribution in [-0.2, 0) is 16.0 Å². The van der Waals surface area contributed by atoms with Gasteiger partial charge in [-0.15, -0.1) is 12.4 Å². The monoisotopic (exact) mass is 367 g/mol. The van der Waals surface area contributed by atoms with Crippen molar-refractivity contribution in [2.75, 3.05) is 46.0 Å². The van der Waals surface area contributed by atoms with Crippen molar-refractivity contribution in [2.45, 2.75) is 12.8 Å². The molecule has 1 N–H and O–H groups in total. The van der Waals surface area contributed by atoms with Crippen molar-refractivity contribution in [1.82, 2.24) is 14.7 Å². The van der Waals surface area contributed by atoms with E-state index in [2.05, 4.69) is 9.80 Å². The summed E-state index contributed by atoms with van der Waals surface area (Å²) < 4.78 is 0. The summed E-state index contributed by atoms with van der Waals surface area (Å²) in [4.78, 5) is 30.6. The molecule has 3 rings (SSSR count). The molecule has 25 heavy (non-hydrogen) atoms. The first kappa shape index (κ1) is 19.8. The Bertz CT molecular complexity index is 576. The van der Waals surface area contributed by atoms with Gasteiger partial charge in [0.15, 0.2) is 0 Å². The molecule has 0 saturated carbocycles. The van der Waals surface area contributed by atoms with Crippen molar-refractivity contribution in [2.24, 2.45) is 5.92 Å². The SMILES string of the molecule is Cl.O=C1CC(Cc2ccccc2)C(=O)N1CN1CCN(CCO)CC1. The maximum atomic E-state index is 12.6. The second-order valence-electron chi connectivity index (χ2n) is 6.58. The lowest BCUT2D eigenvalue weighted by molar-refractivity contribution is -0.142. The number of β-amino-alcohol motifs (C(OH)–C–C–N with tert-alkyl or cyclic N) is 1. The summed E-state index contributed by atoms with van der Waals surface area (Å²) in [6.45, 7) is 4.63. The van der Waals surface area contributed by atoms with Crippen LogP contribution in [0.4, 0.5) is 0 Å². The third-order valence-corrected chi connectivity index (χ3v) is 4.88. The molecule has 7 heteroatoms. The van der Waals surface area contributed by atoms with E-state index in [0.717, 1.165) is 31.7 Å². The van der Waals surface area contributed by atoms with E-state index in [0.29, 0.717) is 26.1 Å². The molecule has 0 bridgehead atoms. The minimum Gasteiger partial charge on any atom is -0.395 e. The van der Waals surface area contributed by atoms with E-state index in [4.69, 9.17) is 5.11 Å². The zero-order valence-electron chi connectivity index (χ0n) is 14.3. The number of aliphatic hydroxyl groups excluding tert-OH is 1. The third-order valence-electron chi connectivity index (χ3n) is 4.88. The highest BCUT2D eigenvalue weighted by atomic mass is 35.5. The molecule has 138 valence electrons. The van der Waals surface area contributed by atoms with Gasteiger partial charge in [0.2, 0.25) is 11.8 Å². The lowest BCUT2D eigenvalue weighted by atomic mass is 9.98. The first-order valence-corrected chi connectivity index (χ1v) is 8.61. The van der Waals surface area contributed by atoms with Crippen molar-refractivity contribution in [3.8, 4) is 0 Å². The Morgan fingerprint density at radius 2 is 1.64 bits per heavy atom. The van der Waals surface area contributed by atoms with E-state index in [1.165, 1.54) is 4.90 Å². The third kappa shape index (κ3) is 5.01. The largest absolute Gasteiger partial charge is 0.395 e. The van der Waals surface area contributed by atoms with Crippen LogP contribution in [0, 0.1) is 5.92 Å². The van der Waals surface area contributed by atoms with Gasteiger partial charge in [0.25, 0.3) is 0 Å². The number of amides is 2. The highest BCUT2D eigenvalue weighted by molar-refractivity contribution is 6.03. The van der Waals surface area contributed by atoms with E-state index < -0.39 is 0 Å². The predicted octanol–water partition coefficient (Wildman–Crippen LogP) is 0.593. The summed E-state index contributed by atoms with van der Waals surface area (Å²) in [5.41, 5.74) is 1.10. The van der Waals surface area contributed by atoms with Gasteiger partial charge in [0.05, 0.1) is 19.2 Å². The van der Waals surface area contributed by atoms with E-state index in [-0.39, 0.29) is 36.7 Å². The van der Waals surface area contributed by atoms with Crippen LogP contribution in [0.25, 0.3) is 0 Å². The second kappa shape index (κ2) is 9.29. The number of piperazine rings is 1. The number of aliphatic hydroxyl groups is 1. The molecule has 2 saturated heterocycles. The van der Waals surface area contributed by atoms with Gasteiger partial charge in [-0.25, -0.2) is 0 Å². The lowest BCUT2D eigenvalue weighted by Crippen LogP contribution is -2.51. The molecule has 1 unspecified atom stereocenters. The predicted molar refractivity (Wildman–Crippen MR) is 97.3 cm³/mol. The number of carbonyl (C=O) groups excluding carboxylic acids is 2. The Hall–Kier alpha value is -1.47. The van der Waals surface area contributed by atoms with Gasteiger partial charge in [-0.1, -0.05) is 30.3 Å². The summed E-state index contributed by atoms with van der Waals surface area (Å²) in [5.74, 6) is -0.323. The Morgan fingerprint density at radius 3 is 2.28 bits per heavy atom. The molecule has 2 aliphatic rings. The first-order chi connectivity index (χ1) is 11.7. The van der Waals surface area contributed by atoms with Crippen molar-refractivity contribution in [1.29, 1.82) is 0 Å². The smallest absolute Gasteiger partial charge is 0.234 e. The number of carbonyl (C=O) groups is 2. The van der Waals surface area contributed by atoms with Gasteiger partial charge < -0.3 is 5.11 Å². The van der Waals surface area contributed by atoms with Gasteiger partial charge in [0.1, 0.15) is 0 Å². The van der Waals surface area contributed by atoms with E-state index in [1.807, 2.05) is 30.3 Å². The molecule has 0 aliphatic carbocycles. The first-order valence-electron chi connectivity index (χ1n) is 8.61. The molecule has 0 aromatic heterocycles. The van der Waals surface area contributed by atoms with Crippen molar-refractivity contribution in [3.63, 3.8) is 0 Å². The summed E-state index contributed by atoms with van der Waals surface area (Å²) >= 11 is 0. The van der Waals surface area contributed by atoms with Crippen molar-refractivity contribution in [3.05, 3.63) is 35.9 Å². The molecule has 1 aromatic carbocycles. The second-order valence-corrected chi connectivity index (χ2v) is 6.58. The Balaban J connectivity index is 0.00000225. The molecule has 2 fully saturated rings. The number of hydrogen-bond acceptors (Lipinski definition) is 5. The number of imide groups is 1. The fourth-order valence-corrected chi connectivity index (χ4v) is 3.45. The molecule has 2 heterocycles. The molecule has 2 aliphatic heterocycles. The van der Waals surface area contributed by atoms with Crippen LogP contribution >= 0.6 is 12.4 Å². The Morgan fingerprint density at radius 1 is 1.00 bits per heavy atom. The summed E-state index contributed by atoms with van der Waals surface area (Å²) in [5, 5.41) is 8.98. The van der Waals surface area contributed by atoms with Crippen LogP contribution in [-0.4, -0.2) is 77.6 Å². The topological polar surface area (TPSA) is 64.1 Å². The molecular formula is C18H26ClN3O3. The van der Waals surface area contributed by atoms with E-state index in [9.17, 15) is 9.59 Å². The van der Waals surface area contributed by atoms with Crippen molar-refractivity contribution < 1.29 is 14.7 Å². The number of rotatable bonds is 6. The van der Waals surface area contributed by atoms with Crippen LogP contribution in [0.15, 0.2) is 30.3 Å². The van der Waals surface area contributed by atoms with Gasteiger partial charge in [0, 0.05) is 39.1 Å². The average molecular weight is 368 g/mol. The zero-order valence-corrected chi connectivity index (χ0v) is 15.2. The maximum Gasteiger partial charge on any atom is 0.234 e. The number of hydrogen-bond donors (Lipinski definition) is 1.